The Morgan fingerprint density at radius 1 is 1.47 bits per heavy atom. The van der Waals surface area contributed by atoms with Crippen LogP contribution in [0.4, 0.5) is 5.69 Å². The van der Waals surface area contributed by atoms with Gasteiger partial charge in [0.2, 0.25) is 0 Å². The molecule has 0 aliphatic heterocycles. The summed E-state index contributed by atoms with van der Waals surface area (Å²) in [4.78, 5) is 12.0. The molecular formula is C14H22ClN3O. The van der Waals surface area contributed by atoms with Gasteiger partial charge in [0.15, 0.2) is 0 Å². The largest absolute Gasteiger partial charge is 0.379 e. The van der Waals surface area contributed by atoms with Crippen molar-refractivity contribution in [3.63, 3.8) is 0 Å². The van der Waals surface area contributed by atoms with E-state index in [-0.39, 0.29) is 10.6 Å². The standard InChI is InChI=1S/C14H22ClN3O/c1-4-7-18-14(19)13(15)12(8-16-18)17-11-6-5-9(2)10(11)3/h8-11,17H,4-7H2,1-3H3. The average molecular weight is 284 g/mol. The van der Waals surface area contributed by atoms with Crippen LogP contribution in [0.15, 0.2) is 11.0 Å². The van der Waals surface area contributed by atoms with Crippen molar-refractivity contribution in [1.29, 1.82) is 0 Å². The van der Waals surface area contributed by atoms with Crippen molar-refractivity contribution in [2.24, 2.45) is 11.8 Å². The molecule has 0 saturated heterocycles. The quantitative estimate of drug-likeness (QED) is 0.923. The lowest BCUT2D eigenvalue weighted by atomic mass is 9.98. The first-order chi connectivity index (χ1) is 9.04. The minimum absolute atomic E-state index is 0.202. The molecule has 0 spiro atoms. The molecule has 1 aromatic heterocycles. The van der Waals surface area contributed by atoms with E-state index in [2.05, 4.69) is 24.3 Å². The number of hydrogen-bond donors (Lipinski definition) is 1. The van der Waals surface area contributed by atoms with Gasteiger partial charge in [-0.15, -0.1) is 0 Å². The first-order valence-electron chi connectivity index (χ1n) is 7.06. The van der Waals surface area contributed by atoms with E-state index in [1.807, 2.05) is 6.92 Å². The molecule has 0 amide bonds. The molecule has 4 nitrogen and oxygen atoms in total. The smallest absolute Gasteiger partial charge is 0.287 e. The highest BCUT2D eigenvalue weighted by atomic mass is 35.5. The lowest BCUT2D eigenvalue weighted by molar-refractivity contribution is 0.435. The normalized spacial score (nSPS) is 26.6. The summed E-state index contributed by atoms with van der Waals surface area (Å²) in [5.74, 6) is 1.30. The monoisotopic (exact) mass is 283 g/mol. The number of nitrogens with zero attached hydrogens (tertiary/aromatic N) is 2. The summed E-state index contributed by atoms with van der Waals surface area (Å²) in [6, 6.07) is 0.385. The Hall–Kier alpha value is -1.03. The van der Waals surface area contributed by atoms with E-state index < -0.39 is 0 Å². The van der Waals surface area contributed by atoms with E-state index in [1.54, 1.807) is 6.20 Å². The lowest BCUT2D eigenvalue weighted by Crippen LogP contribution is -2.28. The minimum atomic E-state index is -0.202. The van der Waals surface area contributed by atoms with Crippen LogP contribution in [0.2, 0.25) is 5.02 Å². The van der Waals surface area contributed by atoms with Crippen LogP contribution < -0.4 is 10.9 Å². The van der Waals surface area contributed by atoms with Crippen molar-refractivity contribution in [1.82, 2.24) is 9.78 Å². The van der Waals surface area contributed by atoms with Gasteiger partial charge in [0.1, 0.15) is 5.02 Å². The second-order valence-electron chi connectivity index (χ2n) is 5.57. The predicted molar refractivity (Wildman–Crippen MR) is 78.8 cm³/mol. The van der Waals surface area contributed by atoms with Crippen molar-refractivity contribution in [2.45, 2.75) is 52.6 Å². The minimum Gasteiger partial charge on any atom is -0.379 e. The topological polar surface area (TPSA) is 46.9 Å². The van der Waals surface area contributed by atoms with E-state index in [9.17, 15) is 4.79 Å². The van der Waals surface area contributed by atoms with Gasteiger partial charge in [0.05, 0.1) is 11.9 Å². The zero-order valence-electron chi connectivity index (χ0n) is 11.8. The first kappa shape index (κ1) is 14.4. The molecule has 0 bridgehead atoms. The number of hydrogen-bond acceptors (Lipinski definition) is 3. The average Bonchev–Trinajstić information content (AvgIpc) is 2.70. The molecule has 5 heteroatoms. The molecule has 1 heterocycles. The summed E-state index contributed by atoms with van der Waals surface area (Å²) in [6.45, 7) is 7.13. The fraction of sp³-hybridized carbons (Fsp3) is 0.714. The summed E-state index contributed by atoms with van der Waals surface area (Å²) in [6.07, 6.45) is 4.88. The van der Waals surface area contributed by atoms with Crippen LogP contribution in [-0.4, -0.2) is 15.8 Å². The second kappa shape index (κ2) is 5.95. The SMILES string of the molecule is CCCn1ncc(NC2CCC(C)C2C)c(Cl)c1=O. The Kier molecular flexibility index (Phi) is 4.50. The first-order valence-corrected chi connectivity index (χ1v) is 7.44. The maximum absolute atomic E-state index is 12.0. The number of halogens is 1. The van der Waals surface area contributed by atoms with E-state index in [4.69, 9.17) is 11.6 Å². The maximum Gasteiger partial charge on any atom is 0.287 e. The fourth-order valence-electron chi connectivity index (χ4n) is 2.70. The lowest BCUT2D eigenvalue weighted by Gasteiger charge is -2.21. The molecular weight excluding hydrogens is 262 g/mol. The van der Waals surface area contributed by atoms with Gasteiger partial charge >= 0.3 is 0 Å². The van der Waals surface area contributed by atoms with E-state index in [1.165, 1.54) is 11.1 Å². The third-order valence-corrected chi connectivity index (χ3v) is 4.59. The molecule has 1 aliphatic rings. The Balaban J connectivity index is 2.18. The summed E-state index contributed by atoms with van der Waals surface area (Å²) >= 11 is 6.16. The molecule has 2 rings (SSSR count). The third kappa shape index (κ3) is 2.94. The Bertz CT molecular complexity index is 500. The van der Waals surface area contributed by atoms with Crippen molar-refractivity contribution in [3.8, 4) is 0 Å². The van der Waals surface area contributed by atoms with Crippen LogP contribution in [0.1, 0.15) is 40.0 Å². The highest BCUT2D eigenvalue weighted by Crippen LogP contribution is 2.33. The van der Waals surface area contributed by atoms with E-state index >= 15 is 0 Å². The van der Waals surface area contributed by atoms with Gasteiger partial charge < -0.3 is 5.32 Å². The Morgan fingerprint density at radius 3 is 2.79 bits per heavy atom. The Labute approximate surface area is 119 Å². The molecule has 106 valence electrons. The molecule has 1 saturated carbocycles. The van der Waals surface area contributed by atoms with Crippen LogP contribution in [0.3, 0.4) is 0 Å². The van der Waals surface area contributed by atoms with Gasteiger partial charge in [-0.05, 0) is 31.1 Å². The molecule has 3 atom stereocenters. The van der Waals surface area contributed by atoms with Crippen LogP contribution in [0.25, 0.3) is 0 Å². The molecule has 1 aliphatic carbocycles. The number of anilines is 1. The zero-order valence-corrected chi connectivity index (χ0v) is 12.6. The van der Waals surface area contributed by atoms with Crippen molar-refractivity contribution in [3.05, 3.63) is 21.6 Å². The van der Waals surface area contributed by atoms with Crippen molar-refractivity contribution >= 4 is 17.3 Å². The molecule has 1 N–H and O–H groups in total. The fourth-order valence-corrected chi connectivity index (χ4v) is 2.91. The summed E-state index contributed by atoms with van der Waals surface area (Å²) in [5, 5.41) is 7.82. The molecule has 0 aromatic carbocycles. The molecule has 1 fully saturated rings. The summed E-state index contributed by atoms with van der Waals surface area (Å²) in [5.41, 5.74) is 0.470. The second-order valence-corrected chi connectivity index (χ2v) is 5.94. The summed E-state index contributed by atoms with van der Waals surface area (Å²) in [7, 11) is 0. The van der Waals surface area contributed by atoms with Crippen LogP contribution in [-0.2, 0) is 6.54 Å². The van der Waals surface area contributed by atoms with Gasteiger partial charge in [-0.1, -0.05) is 32.4 Å². The van der Waals surface area contributed by atoms with Gasteiger partial charge in [0.25, 0.3) is 5.56 Å². The molecule has 3 unspecified atom stereocenters. The molecule has 0 radical (unpaired) electrons. The number of rotatable bonds is 4. The number of nitrogens with one attached hydrogen (secondary N) is 1. The van der Waals surface area contributed by atoms with Gasteiger partial charge in [-0.25, -0.2) is 4.68 Å². The van der Waals surface area contributed by atoms with E-state index in [0.29, 0.717) is 30.1 Å². The van der Waals surface area contributed by atoms with E-state index in [0.717, 1.165) is 12.8 Å². The number of aryl methyl sites for hydroxylation is 1. The molecule has 1 aromatic rings. The number of aromatic nitrogens is 2. The van der Waals surface area contributed by atoms with Gasteiger partial charge in [0, 0.05) is 12.6 Å². The highest BCUT2D eigenvalue weighted by Gasteiger charge is 2.30. The van der Waals surface area contributed by atoms with Gasteiger partial charge in [-0.2, -0.15) is 5.10 Å². The van der Waals surface area contributed by atoms with Crippen LogP contribution in [0, 0.1) is 11.8 Å². The Morgan fingerprint density at radius 2 is 2.21 bits per heavy atom. The maximum atomic E-state index is 12.0. The third-order valence-electron chi connectivity index (χ3n) is 4.23. The predicted octanol–water partition coefficient (Wildman–Crippen LogP) is 3.15. The van der Waals surface area contributed by atoms with Crippen LogP contribution in [0.5, 0.6) is 0 Å². The van der Waals surface area contributed by atoms with Crippen molar-refractivity contribution in [2.75, 3.05) is 5.32 Å². The zero-order chi connectivity index (χ0) is 14.0. The van der Waals surface area contributed by atoms with Crippen LogP contribution >= 0.6 is 11.6 Å². The van der Waals surface area contributed by atoms with Gasteiger partial charge in [-0.3, -0.25) is 4.79 Å². The molecule has 19 heavy (non-hydrogen) atoms. The highest BCUT2D eigenvalue weighted by molar-refractivity contribution is 6.32. The van der Waals surface area contributed by atoms with Crippen molar-refractivity contribution < 1.29 is 0 Å². The summed E-state index contributed by atoms with van der Waals surface area (Å²) < 4.78 is 1.42.